The molecule has 0 aliphatic carbocycles. The fraction of sp³-hybridized carbons (Fsp3) is 0.714. The Hall–Kier alpha value is -2.20. The van der Waals surface area contributed by atoms with E-state index in [-0.39, 0.29) is 6.61 Å². The summed E-state index contributed by atoms with van der Waals surface area (Å²) in [6.45, 7) is 4.44. The largest absolute Gasteiger partial charge is 0.463 e. The summed E-state index contributed by atoms with van der Waals surface area (Å²) in [6.07, 6.45) is -4.26. The Morgan fingerprint density at radius 2 is 1.33 bits per heavy atom. The van der Waals surface area contributed by atoms with Crippen LogP contribution in [0.5, 0.6) is 0 Å². The van der Waals surface area contributed by atoms with Crippen LogP contribution >= 0.6 is 0 Å². The van der Waals surface area contributed by atoms with Crippen molar-refractivity contribution in [3.8, 4) is 0 Å². The molecule has 3 N–H and O–H groups in total. The minimum Gasteiger partial charge on any atom is -0.463 e. The number of carbonyl (C=O) groups excluding carboxylic acids is 4. The minimum absolute atomic E-state index is 0.282. The molecule has 24 heavy (non-hydrogen) atoms. The Morgan fingerprint density at radius 1 is 0.833 bits per heavy atom. The van der Waals surface area contributed by atoms with Gasteiger partial charge in [0.25, 0.3) is 6.29 Å². The van der Waals surface area contributed by atoms with Crippen LogP contribution in [0.25, 0.3) is 0 Å². The van der Waals surface area contributed by atoms with Gasteiger partial charge in [-0.25, -0.2) is 0 Å². The Bertz CT molecular complexity index is 490. The highest BCUT2D eigenvalue weighted by Gasteiger charge is 2.52. The molecule has 10 nitrogen and oxygen atoms in total. The average Bonchev–Trinajstić information content (AvgIpc) is 2.42. The van der Waals surface area contributed by atoms with E-state index in [9.17, 15) is 19.2 Å². The first kappa shape index (κ1) is 19.8. The molecule has 0 aromatic carbocycles. The zero-order chi connectivity index (χ0) is 18.4. The van der Waals surface area contributed by atoms with E-state index >= 15 is 0 Å². The van der Waals surface area contributed by atoms with Gasteiger partial charge >= 0.3 is 23.9 Å². The summed E-state index contributed by atoms with van der Waals surface area (Å²) in [6, 6.07) is -0.851. The van der Waals surface area contributed by atoms with Gasteiger partial charge in [0.1, 0.15) is 12.7 Å². The van der Waals surface area contributed by atoms with Gasteiger partial charge in [0.15, 0.2) is 18.2 Å². The zero-order valence-electron chi connectivity index (χ0n) is 14.0. The molecular weight excluding hydrogens is 326 g/mol. The van der Waals surface area contributed by atoms with Crippen LogP contribution in [0.15, 0.2) is 0 Å². The number of rotatable bonds is 5. The molecular formula is C14H22NO9+. The minimum atomic E-state index is -1.15. The van der Waals surface area contributed by atoms with Crippen LogP contribution in [0.2, 0.25) is 0 Å². The van der Waals surface area contributed by atoms with E-state index < -0.39 is 54.5 Å². The molecule has 136 valence electrons. The van der Waals surface area contributed by atoms with Gasteiger partial charge in [0.2, 0.25) is 0 Å². The van der Waals surface area contributed by atoms with Gasteiger partial charge < -0.3 is 29.4 Å². The summed E-state index contributed by atoms with van der Waals surface area (Å²) in [7, 11) is 0. The lowest BCUT2D eigenvalue weighted by molar-refractivity contribution is -0.496. The van der Waals surface area contributed by atoms with Crippen molar-refractivity contribution in [3.05, 3.63) is 0 Å². The number of hydrogen-bond donors (Lipinski definition) is 1. The topological polar surface area (TPSA) is 142 Å². The van der Waals surface area contributed by atoms with Crippen LogP contribution in [0.1, 0.15) is 27.7 Å². The van der Waals surface area contributed by atoms with Gasteiger partial charge in [-0.1, -0.05) is 0 Å². The maximum atomic E-state index is 11.4. The number of ether oxygens (including phenoxy) is 5. The van der Waals surface area contributed by atoms with E-state index in [1.807, 2.05) is 0 Å². The van der Waals surface area contributed by atoms with Crippen molar-refractivity contribution < 1.29 is 48.6 Å². The summed E-state index contributed by atoms with van der Waals surface area (Å²) in [5.74, 6) is -2.50. The smallest absolute Gasteiger partial charge is 0.305 e. The predicted molar refractivity (Wildman–Crippen MR) is 74.8 cm³/mol. The normalized spacial score (nSPS) is 29.3. The van der Waals surface area contributed by atoms with Crippen molar-refractivity contribution in [1.29, 1.82) is 0 Å². The first-order valence-electron chi connectivity index (χ1n) is 7.25. The Kier molecular flexibility index (Phi) is 7.11. The van der Waals surface area contributed by atoms with E-state index in [4.69, 9.17) is 23.7 Å². The highest BCUT2D eigenvalue weighted by atomic mass is 16.7. The van der Waals surface area contributed by atoms with Crippen LogP contribution < -0.4 is 5.73 Å². The second-order valence-electron chi connectivity index (χ2n) is 5.27. The highest BCUT2D eigenvalue weighted by Crippen LogP contribution is 2.25. The summed E-state index contributed by atoms with van der Waals surface area (Å²) in [5, 5.41) is 0. The molecule has 0 amide bonds. The molecule has 2 unspecified atom stereocenters. The molecule has 10 heteroatoms. The van der Waals surface area contributed by atoms with Crippen molar-refractivity contribution in [2.24, 2.45) is 0 Å². The van der Waals surface area contributed by atoms with E-state index in [2.05, 4.69) is 5.73 Å². The number of hydrogen-bond acceptors (Lipinski definition) is 9. The van der Waals surface area contributed by atoms with Gasteiger partial charge in [-0.2, -0.15) is 0 Å². The fourth-order valence-electron chi connectivity index (χ4n) is 2.25. The summed E-state index contributed by atoms with van der Waals surface area (Å²) in [5.41, 5.74) is 3.78. The van der Waals surface area contributed by atoms with Crippen molar-refractivity contribution >= 4 is 23.9 Å². The molecule has 1 saturated heterocycles. The maximum Gasteiger partial charge on any atom is 0.305 e. The zero-order valence-corrected chi connectivity index (χ0v) is 14.0. The van der Waals surface area contributed by atoms with Gasteiger partial charge in [0.05, 0.1) is 0 Å². The molecule has 1 aliphatic rings. The lowest BCUT2D eigenvalue weighted by atomic mass is 9.97. The molecule has 0 aromatic rings. The monoisotopic (exact) mass is 348 g/mol. The Morgan fingerprint density at radius 3 is 1.79 bits per heavy atom. The first-order valence-corrected chi connectivity index (χ1v) is 7.25. The summed E-state index contributed by atoms with van der Waals surface area (Å²) < 4.78 is 25.8. The van der Waals surface area contributed by atoms with Crippen molar-refractivity contribution in [3.63, 3.8) is 0 Å². The highest BCUT2D eigenvalue weighted by molar-refractivity contribution is 5.68. The van der Waals surface area contributed by atoms with E-state index in [0.29, 0.717) is 0 Å². The third-order valence-electron chi connectivity index (χ3n) is 3.11. The van der Waals surface area contributed by atoms with Gasteiger partial charge in [-0.3, -0.25) is 19.2 Å². The Labute approximate surface area is 138 Å². The molecule has 1 fully saturated rings. The lowest BCUT2D eigenvalue weighted by Crippen LogP contribution is -2.79. The molecule has 1 heterocycles. The van der Waals surface area contributed by atoms with Crippen LogP contribution in [-0.4, -0.2) is 61.1 Å². The van der Waals surface area contributed by atoms with E-state index in [1.54, 1.807) is 0 Å². The average molecular weight is 348 g/mol. The van der Waals surface area contributed by atoms with E-state index in [1.165, 1.54) is 27.7 Å². The van der Waals surface area contributed by atoms with Crippen molar-refractivity contribution in [1.82, 2.24) is 0 Å². The third-order valence-corrected chi connectivity index (χ3v) is 3.11. The van der Waals surface area contributed by atoms with Crippen LogP contribution in [0.4, 0.5) is 0 Å². The second-order valence-corrected chi connectivity index (χ2v) is 5.27. The molecule has 1 aliphatic heterocycles. The van der Waals surface area contributed by atoms with Gasteiger partial charge in [-0.05, 0) is 0 Å². The third kappa shape index (κ3) is 5.78. The van der Waals surface area contributed by atoms with Crippen LogP contribution in [0.3, 0.4) is 0 Å². The SMILES string of the molecule is CC(=O)OCC1O[C@@H](OC(C)=O)C([NH3+])[C@H](OC(C)=O)[C@H]1OC(C)=O. The van der Waals surface area contributed by atoms with E-state index in [0.717, 1.165) is 0 Å². The van der Waals surface area contributed by atoms with Gasteiger partial charge in [-0.15, -0.1) is 0 Å². The fourth-order valence-corrected chi connectivity index (χ4v) is 2.25. The lowest BCUT2D eigenvalue weighted by Gasteiger charge is -2.41. The van der Waals surface area contributed by atoms with Crippen LogP contribution in [-0.2, 0) is 42.9 Å². The quantitative estimate of drug-likeness (QED) is 0.455. The molecule has 1 rings (SSSR count). The molecule has 0 aromatic heterocycles. The van der Waals surface area contributed by atoms with Crippen LogP contribution in [0, 0.1) is 0 Å². The first-order chi connectivity index (χ1) is 11.1. The predicted octanol–water partition coefficient (Wildman–Crippen LogP) is -1.69. The van der Waals surface area contributed by atoms with Crippen molar-refractivity contribution in [2.45, 2.75) is 58.3 Å². The van der Waals surface area contributed by atoms with Crippen molar-refractivity contribution in [2.75, 3.05) is 6.61 Å². The Balaban J connectivity index is 3.08. The maximum absolute atomic E-state index is 11.4. The molecule has 5 atom stereocenters. The molecule has 0 bridgehead atoms. The number of carbonyl (C=O) groups is 4. The summed E-state index contributed by atoms with van der Waals surface area (Å²) in [4.78, 5) is 45.0. The molecule has 0 spiro atoms. The molecule has 0 saturated carbocycles. The standard InChI is InChI=1S/C14H21NO9/c1-6(16)20-5-10-12(21-7(2)17)13(22-8(3)18)11(15)14(24-10)23-9(4)19/h10-14H,5,15H2,1-4H3/p+1/t10?,11?,12-,13-,14+/m0/s1. The molecule has 0 radical (unpaired) electrons. The second kappa shape index (κ2) is 8.60. The summed E-state index contributed by atoms with van der Waals surface area (Å²) >= 11 is 0. The number of esters is 4. The number of quaternary nitrogens is 1. The van der Waals surface area contributed by atoms with Gasteiger partial charge in [0, 0.05) is 27.7 Å².